The standard InChI is InChI=1S/C23H23F2N7O4/c1-32-17-7-6-13(36-22(24)25)8-14(17)18(31-32)16-10-27-20-19(30-16)15(9-26-20)21(33)28-11-2-4-12(5-3-11)29-23(34)35/h6-12,22,29H,2-5H2,1H3,(H,26,27)(H,28,33)(H,34,35). The quantitative estimate of drug-likeness (QED) is 0.318. The Labute approximate surface area is 202 Å². The molecule has 0 aliphatic heterocycles. The maximum atomic E-state index is 13.0. The summed E-state index contributed by atoms with van der Waals surface area (Å²) in [7, 11) is 1.72. The van der Waals surface area contributed by atoms with Crippen LogP contribution in [0.4, 0.5) is 13.6 Å². The number of carbonyl (C=O) groups excluding carboxylic acids is 1. The van der Waals surface area contributed by atoms with Gasteiger partial charge in [0.05, 0.1) is 17.3 Å². The van der Waals surface area contributed by atoms with Crippen LogP contribution in [0.5, 0.6) is 5.75 Å². The third kappa shape index (κ3) is 4.63. The molecule has 1 aliphatic carbocycles. The number of aryl methyl sites for hydroxylation is 1. The second-order valence-electron chi connectivity index (χ2n) is 8.66. The number of carbonyl (C=O) groups is 2. The number of alkyl halides is 2. The largest absolute Gasteiger partial charge is 0.465 e. The minimum Gasteiger partial charge on any atom is -0.465 e. The molecule has 0 unspecified atom stereocenters. The lowest BCUT2D eigenvalue weighted by atomic mass is 9.91. The molecule has 4 aromatic rings. The van der Waals surface area contributed by atoms with Gasteiger partial charge in [0.1, 0.15) is 22.7 Å². The van der Waals surface area contributed by atoms with Gasteiger partial charge >= 0.3 is 12.7 Å². The molecule has 0 spiro atoms. The Hall–Kier alpha value is -4.29. The van der Waals surface area contributed by atoms with Gasteiger partial charge in [0.25, 0.3) is 5.91 Å². The molecule has 0 saturated heterocycles. The van der Waals surface area contributed by atoms with Crippen molar-refractivity contribution in [1.29, 1.82) is 0 Å². The van der Waals surface area contributed by atoms with Crippen molar-refractivity contribution in [2.24, 2.45) is 7.05 Å². The molecule has 188 valence electrons. The molecule has 0 atom stereocenters. The first-order chi connectivity index (χ1) is 17.3. The molecule has 0 radical (unpaired) electrons. The van der Waals surface area contributed by atoms with Gasteiger partial charge in [-0.3, -0.25) is 9.48 Å². The lowest BCUT2D eigenvalue weighted by Crippen LogP contribution is -2.43. The van der Waals surface area contributed by atoms with Crippen LogP contribution in [0, 0.1) is 0 Å². The Morgan fingerprint density at radius 1 is 1.19 bits per heavy atom. The van der Waals surface area contributed by atoms with E-state index in [1.165, 1.54) is 24.5 Å². The van der Waals surface area contributed by atoms with Crippen LogP contribution in [0.25, 0.3) is 33.5 Å². The number of halogens is 2. The SMILES string of the molecule is Cn1nc(-c2cnc3[nH]cc(C(=O)NC4CCC(NC(=O)O)CC4)c3n2)c2cc(OC(F)F)ccc21. The Balaban J connectivity index is 1.40. The van der Waals surface area contributed by atoms with Gasteiger partial charge in [0, 0.05) is 30.7 Å². The van der Waals surface area contributed by atoms with Crippen LogP contribution in [0.2, 0.25) is 0 Å². The lowest BCUT2D eigenvalue weighted by molar-refractivity contribution is -0.0497. The third-order valence-electron chi connectivity index (χ3n) is 6.31. The summed E-state index contributed by atoms with van der Waals surface area (Å²) in [6, 6.07) is 4.34. The smallest absolute Gasteiger partial charge is 0.404 e. The number of rotatable bonds is 6. The number of amides is 2. The fourth-order valence-corrected chi connectivity index (χ4v) is 4.61. The van der Waals surface area contributed by atoms with Gasteiger partial charge in [-0.05, 0) is 43.9 Å². The molecule has 1 aromatic carbocycles. The van der Waals surface area contributed by atoms with Crippen molar-refractivity contribution in [3.05, 3.63) is 36.2 Å². The number of hydrogen-bond donors (Lipinski definition) is 4. The van der Waals surface area contributed by atoms with Crippen molar-refractivity contribution in [2.75, 3.05) is 0 Å². The van der Waals surface area contributed by atoms with Gasteiger partial charge in [-0.2, -0.15) is 13.9 Å². The van der Waals surface area contributed by atoms with Crippen LogP contribution >= 0.6 is 0 Å². The topological polar surface area (TPSA) is 147 Å². The summed E-state index contributed by atoms with van der Waals surface area (Å²) < 4.78 is 31.6. The molecule has 5 rings (SSSR count). The number of nitrogens with one attached hydrogen (secondary N) is 3. The number of aromatic nitrogens is 5. The molecule has 13 heteroatoms. The van der Waals surface area contributed by atoms with Gasteiger partial charge in [-0.1, -0.05) is 0 Å². The summed E-state index contributed by atoms with van der Waals surface area (Å²) in [5.41, 5.74) is 2.56. The molecular formula is C23H23F2N7O4. The number of fused-ring (bicyclic) bond motifs is 2. The predicted molar refractivity (Wildman–Crippen MR) is 125 cm³/mol. The van der Waals surface area contributed by atoms with Crippen molar-refractivity contribution < 1.29 is 28.2 Å². The highest BCUT2D eigenvalue weighted by Gasteiger charge is 2.25. The van der Waals surface area contributed by atoms with E-state index in [0.29, 0.717) is 64.7 Å². The zero-order valence-electron chi connectivity index (χ0n) is 19.2. The second kappa shape index (κ2) is 9.40. The number of ether oxygens (including phenoxy) is 1. The van der Waals surface area contributed by atoms with Crippen LogP contribution < -0.4 is 15.4 Å². The highest BCUT2D eigenvalue weighted by molar-refractivity contribution is 6.05. The zero-order chi connectivity index (χ0) is 25.4. The van der Waals surface area contributed by atoms with E-state index >= 15 is 0 Å². The van der Waals surface area contributed by atoms with E-state index in [-0.39, 0.29) is 23.7 Å². The number of carboxylic acid groups (broad SMARTS) is 1. The van der Waals surface area contributed by atoms with Gasteiger partial charge in [0.15, 0.2) is 5.65 Å². The Morgan fingerprint density at radius 3 is 2.61 bits per heavy atom. The maximum Gasteiger partial charge on any atom is 0.404 e. The van der Waals surface area contributed by atoms with Crippen molar-refractivity contribution >= 4 is 34.1 Å². The Morgan fingerprint density at radius 2 is 1.92 bits per heavy atom. The van der Waals surface area contributed by atoms with Crippen LogP contribution in [0.3, 0.4) is 0 Å². The third-order valence-corrected chi connectivity index (χ3v) is 6.31. The van der Waals surface area contributed by atoms with Crippen LogP contribution in [0.1, 0.15) is 36.0 Å². The molecule has 36 heavy (non-hydrogen) atoms. The van der Waals surface area contributed by atoms with Crippen molar-refractivity contribution in [3.8, 4) is 17.1 Å². The summed E-state index contributed by atoms with van der Waals surface area (Å²) in [6.07, 6.45) is 4.57. The van der Waals surface area contributed by atoms with Crippen LogP contribution in [-0.4, -0.2) is 60.5 Å². The first kappa shape index (κ1) is 23.5. The zero-order valence-corrected chi connectivity index (χ0v) is 19.2. The lowest BCUT2D eigenvalue weighted by Gasteiger charge is -2.28. The minimum atomic E-state index is -2.96. The maximum absolute atomic E-state index is 13.0. The molecule has 11 nitrogen and oxygen atoms in total. The van der Waals surface area contributed by atoms with Crippen molar-refractivity contribution in [3.63, 3.8) is 0 Å². The molecule has 2 amide bonds. The number of benzene rings is 1. The Bertz CT molecular complexity index is 1440. The predicted octanol–water partition coefficient (Wildman–Crippen LogP) is 3.42. The summed E-state index contributed by atoms with van der Waals surface area (Å²) in [6.45, 7) is -2.96. The van der Waals surface area contributed by atoms with E-state index in [0.717, 1.165) is 0 Å². The van der Waals surface area contributed by atoms with Crippen LogP contribution in [0.15, 0.2) is 30.6 Å². The average Bonchev–Trinajstić information content (AvgIpc) is 3.40. The van der Waals surface area contributed by atoms with Gasteiger partial charge in [-0.25, -0.2) is 14.8 Å². The van der Waals surface area contributed by atoms with Gasteiger partial charge < -0.3 is 25.5 Å². The van der Waals surface area contributed by atoms with E-state index in [2.05, 4.69) is 35.4 Å². The van der Waals surface area contributed by atoms with Gasteiger partial charge in [-0.15, -0.1) is 0 Å². The van der Waals surface area contributed by atoms with Gasteiger partial charge in [0.2, 0.25) is 0 Å². The minimum absolute atomic E-state index is 0.00391. The first-order valence-electron chi connectivity index (χ1n) is 11.3. The molecular weight excluding hydrogens is 476 g/mol. The molecule has 3 aromatic heterocycles. The molecule has 1 fully saturated rings. The van der Waals surface area contributed by atoms with Crippen molar-refractivity contribution in [2.45, 2.75) is 44.4 Å². The number of aromatic amines is 1. The number of nitrogens with zero attached hydrogens (tertiary/aromatic N) is 4. The molecule has 4 N–H and O–H groups in total. The summed E-state index contributed by atoms with van der Waals surface area (Å²) in [4.78, 5) is 35.8. The summed E-state index contributed by atoms with van der Waals surface area (Å²) >= 11 is 0. The molecule has 3 heterocycles. The highest BCUT2D eigenvalue weighted by Crippen LogP contribution is 2.31. The van der Waals surface area contributed by atoms with E-state index in [1.807, 2.05) is 0 Å². The summed E-state index contributed by atoms with van der Waals surface area (Å²) in [5, 5.41) is 19.4. The average molecular weight is 499 g/mol. The molecule has 1 aliphatic rings. The van der Waals surface area contributed by atoms with E-state index in [9.17, 15) is 18.4 Å². The second-order valence-corrected chi connectivity index (χ2v) is 8.66. The monoisotopic (exact) mass is 499 g/mol. The van der Waals surface area contributed by atoms with Crippen molar-refractivity contribution in [1.82, 2.24) is 35.4 Å². The number of hydrogen-bond acceptors (Lipinski definition) is 6. The van der Waals surface area contributed by atoms with E-state index in [4.69, 9.17) is 5.11 Å². The van der Waals surface area contributed by atoms with E-state index < -0.39 is 12.7 Å². The first-order valence-corrected chi connectivity index (χ1v) is 11.3. The molecule has 0 bridgehead atoms. The number of H-pyrrole nitrogens is 1. The highest BCUT2D eigenvalue weighted by atomic mass is 19.3. The fourth-order valence-electron chi connectivity index (χ4n) is 4.61. The normalized spacial score (nSPS) is 18.0. The van der Waals surface area contributed by atoms with Crippen LogP contribution in [-0.2, 0) is 7.05 Å². The Kier molecular flexibility index (Phi) is 6.12. The molecule has 1 saturated carbocycles. The summed E-state index contributed by atoms with van der Waals surface area (Å²) in [5.74, 6) is -0.323. The fraction of sp³-hybridized carbons (Fsp3) is 0.348. The van der Waals surface area contributed by atoms with E-state index in [1.54, 1.807) is 17.8 Å².